The smallest absolute Gasteiger partial charge is 0.0607 e. The Morgan fingerprint density at radius 3 is 2.21 bits per heavy atom. The number of aliphatic hydroxyl groups is 1. The fourth-order valence-corrected chi connectivity index (χ4v) is 2.28. The molecule has 14 heavy (non-hydrogen) atoms. The maximum atomic E-state index is 9.09. The Morgan fingerprint density at radius 2 is 1.79 bits per heavy atom. The number of thioether (sulfide) groups is 1. The molecule has 2 N–H and O–H groups in total. The fraction of sp³-hybridized carbons (Fsp3) is 1.00. The number of hydrogen-bond acceptors (Lipinski definition) is 3. The van der Waals surface area contributed by atoms with E-state index in [1.165, 1.54) is 5.75 Å². The van der Waals surface area contributed by atoms with E-state index >= 15 is 0 Å². The van der Waals surface area contributed by atoms with Crippen LogP contribution < -0.4 is 5.32 Å². The third kappa shape index (κ3) is 7.65. The Morgan fingerprint density at radius 1 is 1.21 bits per heavy atom. The summed E-state index contributed by atoms with van der Waals surface area (Å²) < 4.78 is 0. The van der Waals surface area contributed by atoms with Gasteiger partial charge in [-0.05, 0) is 32.4 Å². The average molecular weight is 219 g/mol. The zero-order valence-corrected chi connectivity index (χ0v) is 10.9. The third-order valence-electron chi connectivity index (χ3n) is 1.85. The van der Waals surface area contributed by atoms with E-state index in [0.717, 1.165) is 11.7 Å². The average Bonchev–Trinajstić information content (AvgIpc) is 2.02. The molecule has 0 saturated heterocycles. The molecule has 86 valence electrons. The van der Waals surface area contributed by atoms with Gasteiger partial charge in [0.25, 0.3) is 0 Å². The summed E-state index contributed by atoms with van der Waals surface area (Å²) >= 11 is 1.98. The summed E-state index contributed by atoms with van der Waals surface area (Å²) in [7, 11) is 0. The second kappa shape index (κ2) is 6.70. The van der Waals surface area contributed by atoms with Crippen LogP contribution in [-0.4, -0.2) is 34.8 Å². The highest BCUT2D eigenvalue weighted by molar-refractivity contribution is 7.99. The van der Waals surface area contributed by atoms with Gasteiger partial charge in [0, 0.05) is 17.3 Å². The molecule has 0 saturated carbocycles. The molecule has 1 atom stereocenters. The lowest BCUT2D eigenvalue weighted by Gasteiger charge is -2.28. The summed E-state index contributed by atoms with van der Waals surface area (Å²) in [6.07, 6.45) is 0. The second-order valence-electron chi connectivity index (χ2n) is 5.02. The maximum absolute atomic E-state index is 9.09. The zero-order chi connectivity index (χ0) is 11.2. The summed E-state index contributed by atoms with van der Waals surface area (Å²) in [6.45, 7) is 10.9. The highest BCUT2D eigenvalue weighted by Gasteiger charge is 2.18. The van der Waals surface area contributed by atoms with Crippen molar-refractivity contribution in [1.82, 2.24) is 5.32 Å². The van der Waals surface area contributed by atoms with Crippen LogP contribution in [0.3, 0.4) is 0 Å². The SMILES string of the molecule is CC(C)CSCC(C)NC(C)(C)CO. The van der Waals surface area contributed by atoms with E-state index in [2.05, 4.69) is 26.1 Å². The van der Waals surface area contributed by atoms with Gasteiger partial charge in [0.05, 0.1) is 6.61 Å². The molecule has 0 aliphatic heterocycles. The summed E-state index contributed by atoms with van der Waals surface area (Å²) in [5, 5.41) is 12.5. The molecule has 2 nitrogen and oxygen atoms in total. The van der Waals surface area contributed by atoms with Gasteiger partial charge in [-0.1, -0.05) is 13.8 Å². The minimum absolute atomic E-state index is 0.155. The first-order chi connectivity index (χ1) is 6.37. The lowest BCUT2D eigenvalue weighted by molar-refractivity contribution is 0.180. The molecule has 0 heterocycles. The molecule has 1 unspecified atom stereocenters. The van der Waals surface area contributed by atoms with E-state index in [1.54, 1.807) is 0 Å². The Hall–Kier alpha value is 0.270. The number of rotatable bonds is 7. The van der Waals surface area contributed by atoms with Crippen LogP contribution in [0.25, 0.3) is 0 Å². The molecule has 0 radical (unpaired) electrons. The minimum Gasteiger partial charge on any atom is -0.394 e. The van der Waals surface area contributed by atoms with Crippen LogP contribution in [0.1, 0.15) is 34.6 Å². The van der Waals surface area contributed by atoms with Gasteiger partial charge in [0.15, 0.2) is 0 Å². The molecule has 0 bridgehead atoms. The van der Waals surface area contributed by atoms with E-state index in [0.29, 0.717) is 6.04 Å². The molecule has 0 aromatic heterocycles. The van der Waals surface area contributed by atoms with Crippen LogP contribution in [0.15, 0.2) is 0 Å². The van der Waals surface area contributed by atoms with Crippen LogP contribution in [0, 0.1) is 5.92 Å². The maximum Gasteiger partial charge on any atom is 0.0607 e. The van der Waals surface area contributed by atoms with Crippen LogP contribution in [0.5, 0.6) is 0 Å². The van der Waals surface area contributed by atoms with Gasteiger partial charge in [-0.15, -0.1) is 0 Å². The normalized spacial score (nSPS) is 14.8. The van der Waals surface area contributed by atoms with Gasteiger partial charge in [-0.2, -0.15) is 11.8 Å². The van der Waals surface area contributed by atoms with E-state index < -0.39 is 0 Å². The third-order valence-corrected chi connectivity index (χ3v) is 3.49. The van der Waals surface area contributed by atoms with Crippen molar-refractivity contribution in [3.8, 4) is 0 Å². The van der Waals surface area contributed by atoms with Crippen molar-refractivity contribution in [2.24, 2.45) is 5.92 Å². The van der Waals surface area contributed by atoms with Crippen molar-refractivity contribution in [2.75, 3.05) is 18.1 Å². The van der Waals surface area contributed by atoms with Gasteiger partial charge in [-0.25, -0.2) is 0 Å². The Balaban J connectivity index is 3.60. The standard InChI is InChI=1S/C11H25NOS/c1-9(2)6-14-7-10(3)12-11(4,5)8-13/h9-10,12-13H,6-8H2,1-5H3. The molecule has 0 amide bonds. The largest absolute Gasteiger partial charge is 0.394 e. The van der Waals surface area contributed by atoms with Crippen molar-refractivity contribution in [2.45, 2.75) is 46.2 Å². The molecule has 0 aromatic carbocycles. The van der Waals surface area contributed by atoms with Crippen molar-refractivity contribution in [3.63, 3.8) is 0 Å². The summed E-state index contributed by atoms with van der Waals surface area (Å²) in [6, 6.07) is 0.459. The predicted molar refractivity (Wildman–Crippen MR) is 65.9 cm³/mol. The molecule has 0 spiro atoms. The molecular weight excluding hydrogens is 194 g/mol. The fourth-order valence-electron chi connectivity index (χ4n) is 1.23. The highest BCUT2D eigenvalue weighted by atomic mass is 32.2. The quantitative estimate of drug-likeness (QED) is 0.688. The minimum atomic E-state index is -0.155. The lowest BCUT2D eigenvalue weighted by atomic mass is 10.1. The van der Waals surface area contributed by atoms with Gasteiger partial charge >= 0.3 is 0 Å². The molecule has 0 aromatic rings. The van der Waals surface area contributed by atoms with E-state index in [1.807, 2.05) is 25.6 Å². The molecule has 0 fully saturated rings. The van der Waals surface area contributed by atoms with Crippen molar-refractivity contribution < 1.29 is 5.11 Å². The predicted octanol–water partition coefficient (Wildman–Crippen LogP) is 2.12. The Labute approximate surface area is 92.9 Å². The van der Waals surface area contributed by atoms with E-state index in [4.69, 9.17) is 5.11 Å². The Bertz CT molecular complexity index is 148. The van der Waals surface area contributed by atoms with Crippen LogP contribution in [-0.2, 0) is 0 Å². The van der Waals surface area contributed by atoms with Gasteiger partial charge in [0.1, 0.15) is 0 Å². The molecule has 0 aliphatic carbocycles. The summed E-state index contributed by atoms with van der Waals surface area (Å²) in [4.78, 5) is 0. The van der Waals surface area contributed by atoms with Crippen molar-refractivity contribution in [1.29, 1.82) is 0 Å². The number of aliphatic hydroxyl groups excluding tert-OH is 1. The Kier molecular flexibility index (Phi) is 6.83. The van der Waals surface area contributed by atoms with Crippen molar-refractivity contribution >= 4 is 11.8 Å². The number of nitrogens with one attached hydrogen (secondary N) is 1. The van der Waals surface area contributed by atoms with Crippen LogP contribution >= 0.6 is 11.8 Å². The van der Waals surface area contributed by atoms with Crippen molar-refractivity contribution in [3.05, 3.63) is 0 Å². The van der Waals surface area contributed by atoms with Gasteiger partial charge in [0.2, 0.25) is 0 Å². The van der Waals surface area contributed by atoms with E-state index in [-0.39, 0.29) is 12.1 Å². The zero-order valence-electron chi connectivity index (χ0n) is 10.1. The van der Waals surface area contributed by atoms with E-state index in [9.17, 15) is 0 Å². The first kappa shape index (κ1) is 14.3. The summed E-state index contributed by atoms with van der Waals surface area (Å²) in [5.41, 5.74) is -0.155. The lowest BCUT2D eigenvalue weighted by Crippen LogP contribution is -2.48. The van der Waals surface area contributed by atoms with Gasteiger partial charge < -0.3 is 10.4 Å². The first-order valence-electron chi connectivity index (χ1n) is 5.33. The van der Waals surface area contributed by atoms with Gasteiger partial charge in [-0.3, -0.25) is 0 Å². The van der Waals surface area contributed by atoms with Crippen LogP contribution in [0.4, 0.5) is 0 Å². The highest BCUT2D eigenvalue weighted by Crippen LogP contribution is 2.10. The molecule has 3 heteroatoms. The summed E-state index contributed by atoms with van der Waals surface area (Å²) in [5.74, 6) is 3.09. The molecule has 0 rings (SSSR count). The topological polar surface area (TPSA) is 32.3 Å². The first-order valence-corrected chi connectivity index (χ1v) is 6.49. The molecule has 0 aliphatic rings. The monoisotopic (exact) mass is 219 g/mol. The van der Waals surface area contributed by atoms with Crippen LogP contribution in [0.2, 0.25) is 0 Å². The molecular formula is C11H25NOS. The number of hydrogen-bond donors (Lipinski definition) is 2. The second-order valence-corrected chi connectivity index (χ2v) is 6.09.